The molecule has 110 valence electrons. The number of hydrogen-bond acceptors (Lipinski definition) is 5. The molecule has 1 saturated heterocycles. The van der Waals surface area contributed by atoms with E-state index >= 15 is 0 Å². The summed E-state index contributed by atoms with van der Waals surface area (Å²) in [6, 6.07) is 12.2. The van der Waals surface area contributed by atoms with Crippen LogP contribution in [0.25, 0.3) is 0 Å². The number of nitrogens with two attached hydrogens (primary N) is 1. The van der Waals surface area contributed by atoms with Crippen LogP contribution in [0.2, 0.25) is 5.15 Å². The van der Waals surface area contributed by atoms with E-state index in [0.29, 0.717) is 17.6 Å². The number of nitrogens with one attached hydrogen (secondary N) is 1. The van der Waals surface area contributed by atoms with Gasteiger partial charge in [0.15, 0.2) is 0 Å². The van der Waals surface area contributed by atoms with Crippen LogP contribution in [0.15, 0.2) is 36.4 Å². The van der Waals surface area contributed by atoms with Crippen molar-refractivity contribution in [3.63, 3.8) is 0 Å². The number of rotatable bonds is 3. The molecule has 21 heavy (non-hydrogen) atoms. The predicted molar refractivity (Wildman–Crippen MR) is 83.2 cm³/mol. The van der Waals surface area contributed by atoms with Gasteiger partial charge in [-0.05, 0) is 18.4 Å². The van der Waals surface area contributed by atoms with Crippen molar-refractivity contribution in [2.45, 2.75) is 25.0 Å². The molecular weight excluding hydrogens is 288 g/mol. The third-order valence-electron chi connectivity index (χ3n) is 3.52. The van der Waals surface area contributed by atoms with Crippen molar-refractivity contribution < 1.29 is 4.74 Å². The quantitative estimate of drug-likeness (QED) is 0.853. The Kier molecular flexibility index (Phi) is 4.22. The predicted octanol–water partition coefficient (Wildman–Crippen LogP) is 3.04. The molecular formula is C15H17ClN4O. The minimum absolute atomic E-state index is 0.104. The second-order valence-electron chi connectivity index (χ2n) is 5.07. The maximum atomic E-state index is 5.90. The Bertz CT molecular complexity index is 588. The van der Waals surface area contributed by atoms with Crippen molar-refractivity contribution in [2.24, 2.45) is 0 Å². The largest absolute Gasteiger partial charge is 0.373 e. The topological polar surface area (TPSA) is 73.1 Å². The molecule has 2 atom stereocenters. The van der Waals surface area contributed by atoms with Gasteiger partial charge in [0.2, 0.25) is 5.95 Å². The Balaban J connectivity index is 1.69. The molecule has 2 heterocycles. The molecule has 0 saturated carbocycles. The van der Waals surface area contributed by atoms with Crippen LogP contribution in [-0.2, 0) is 4.74 Å². The first-order valence-electron chi connectivity index (χ1n) is 6.94. The van der Waals surface area contributed by atoms with Gasteiger partial charge >= 0.3 is 0 Å². The van der Waals surface area contributed by atoms with Crippen LogP contribution in [0, 0.1) is 0 Å². The first-order valence-corrected chi connectivity index (χ1v) is 7.31. The Hall–Kier alpha value is -1.85. The van der Waals surface area contributed by atoms with E-state index in [4.69, 9.17) is 22.1 Å². The average Bonchev–Trinajstić information content (AvgIpc) is 2.47. The second-order valence-corrected chi connectivity index (χ2v) is 5.46. The summed E-state index contributed by atoms with van der Waals surface area (Å²) in [6.07, 6.45) is 1.91. The van der Waals surface area contributed by atoms with Crippen molar-refractivity contribution in [1.29, 1.82) is 0 Å². The van der Waals surface area contributed by atoms with Gasteiger partial charge < -0.3 is 15.8 Å². The fourth-order valence-electron chi connectivity index (χ4n) is 2.55. The molecule has 1 aliphatic heterocycles. The smallest absolute Gasteiger partial charge is 0.223 e. The Morgan fingerprint density at radius 3 is 2.81 bits per heavy atom. The summed E-state index contributed by atoms with van der Waals surface area (Å²) < 4.78 is 5.86. The Morgan fingerprint density at radius 2 is 2.05 bits per heavy atom. The van der Waals surface area contributed by atoms with Crippen LogP contribution in [0.3, 0.4) is 0 Å². The number of aromatic nitrogens is 2. The van der Waals surface area contributed by atoms with Crippen molar-refractivity contribution in [3.8, 4) is 0 Å². The van der Waals surface area contributed by atoms with Crippen LogP contribution in [0.1, 0.15) is 24.5 Å². The lowest BCUT2D eigenvalue weighted by Crippen LogP contribution is -2.30. The number of nitrogen functional groups attached to an aromatic ring is 1. The van der Waals surface area contributed by atoms with E-state index < -0.39 is 0 Å². The van der Waals surface area contributed by atoms with Gasteiger partial charge in [0.1, 0.15) is 11.0 Å². The number of benzene rings is 1. The summed E-state index contributed by atoms with van der Waals surface area (Å²) in [5.41, 5.74) is 6.81. The molecule has 1 aromatic carbocycles. The first kappa shape index (κ1) is 14.1. The average molecular weight is 305 g/mol. The molecule has 0 aliphatic carbocycles. The zero-order valence-electron chi connectivity index (χ0n) is 11.5. The lowest BCUT2D eigenvalue weighted by atomic mass is 9.97. The van der Waals surface area contributed by atoms with E-state index in [9.17, 15) is 0 Å². The van der Waals surface area contributed by atoms with Gasteiger partial charge in [0, 0.05) is 18.7 Å². The van der Waals surface area contributed by atoms with Gasteiger partial charge in [-0.25, -0.2) is 4.98 Å². The van der Waals surface area contributed by atoms with Gasteiger partial charge in [0.25, 0.3) is 0 Å². The monoisotopic (exact) mass is 304 g/mol. The third kappa shape index (κ3) is 3.62. The lowest BCUT2D eigenvalue weighted by Gasteiger charge is -2.30. The summed E-state index contributed by atoms with van der Waals surface area (Å²) in [5, 5.41) is 3.71. The highest BCUT2D eigenvalue weighted by molar-refractivity contribution is 6.29. The minimum atomic E-state index is 0.104. The van der Waals surface area contributed by atoms with Gasteiger partial charge in [-0.2, -0.15) is 4.98 Å². The van der Waals surface area contributed by atoms with E-state index in [-0.39, 0.29) is 18.1 Å². The fourth-order valence-corrected chi connectivity index (χ4v) is 2.74. The molecule has 0 amide bonds. The molecule has 1 aliphatic rings. The molecule has 0 radical (unpaired) electrons. The molecule has 1 aromatic heterocycles. The van der Waals surface area contributed by atoms with Gasteiger partial charge in [-0.3, -0.25) is 0 Å². The normalized spacial score (nSPS) is 22.0. The van der Waals surface area contributed by atoms with Gasteiger partial charge in [0.05, 0.1) is 6.10 Å². The molecule has 6 heteroatoms. The van der Waals surface area contributed by atoms with Crippen LogP contribution in [-0.4, -0.2) is 22.6 Å². The third-order valence-corrected chi connectivity index (χ3v) is 3.71. The van der Waals surface area contributed by atoms with E-state index in [1.54, 1.807) is 6.07 Å². The highest BCUT2D eigenvalue weighted by Gasteiger charge is 2.24. The van der Waals surface area contributed by atoms with E-state index in [2.05, 4.69) is 27.4 Å². The lowest BCUT2D eigenvalue weighted by molar-refractivity contribution is 0.00975. The minimum Gasteiger partial charge on any atom is -0.373 e. The molecule has 0 spiro atoms. The number of anilines is 2. The standard InChI is InChI=1S/C15H17ClN4O/c16-13-9-14(20-15(17)19-13)18-11-6-7-21-12(8-11)10-4-2-1-3-5-10/h1-5,9,11-12H,6-8H2,(H3,17,18,19,20). The van der Waals surface area contributed by atoms with Crippen molar-refractivity contribution in [3.05, 3.63) is 47.1 Å². The Labute approximate surface area is 128 Å². The first-order chi connectivity index (χ1) is 10.2. The van der Waals surface area contributed by atoms with Gasteiger partial charge in [-0.15, -0.1) is 0 Å². The summed E-state index contributed by atoms with van der Waals surface area (Å²) in [7, 11) is 0. The Morgan fingerprint density at radius 1 is 1.24 bits per heavy atom. The van der Waals surface area contributed by atoms with Crippen molar-refractivity contribution in [2.75, 3.05) is 17.7 Å². The molecule has 5 nitrogen and oxygen atoms in total. The van der Waals surface area contributed by atoms with Crippen LogP contribution < -0.4 is 11.1 Å². The molecule has 3 rings (SSSR count). The fraction of sp³-hybridized carbons (Fsp3) is 0.333. The zero-order valence-corrected chi connectivity index (χ0v) is 12.3. The summed E-state index contributed by atoms with van der Waals surface area (Å²) in [5.74, 6) is 0.836. The van der Waals surface area contributed by atoms with Crippen molar-refractivity contribution in [1.82, 2.24) is 9.97 Å². The zero-order chi connectivity index (χ0) is 14.7. The molecule has 3 N–H and O–H groups in total. The highest BCUT2D eigenvalue weighted by atomic mass is 35.5. The van der Waals surface area contributed by atoms with E-state index in [0.717, 1.165) is 12.8 Å². The molecule has 0 bridgehead atoms. The number of hydrogen-bond donors (Lipinski definition) is 2. The molecule has 2 aromatic rings. The highest BCUT2D eigenvalue weighted by Crippen LogP contribution is 2.29. The molecule has 1 fully saturated rings. The summed E-state index contributed by atoms with van der Waals surface area (Å²) in [4.78, 5) is 8.01. The number of ether oxygens (including phenoxy) is 1. The van der Waals surface area contributed by atoms with Gasteiger partial charge in [-0.1, -0.05) is 41.9 Å². The van der Waals surface area contributed by atoms with Crippen LogP contribution in [0.5, 0.6) is 0 Å². The summed E-state index contributed by atoms with van der Waals surface area (Å²) in [6.45, 7) is 0.714. The van der Waals surface area contributed by atoms with E-state index in [1.165, 1.54) is 5.56 Å². The maximum Gasteiger partial charge on any atom is 0.223 e. The number of halogens is 1. The SMILES string of the molecule is Nc1nc(Cl)cc(NC2CCOC(c3ccccc3)C2)n1. The number of nitrogens with zero attached hydrogens (tertiary/aromatic N) is 2. The van der Waals surface area contributed by atoms with Crippen LogP contribution in [0.4, 0.5) is 11.8 Å². The second kappa shape index (κ2) is 6.28. The maximum absolute atomic E-state index is 5.90. The van der Waals surface area contributed by atoms with E-state index in [1.807, 2.05) is 18.2 Å². The summed E-state index contributed by atoms with van der Waals surface area (Å²) >= 11 is 5.90. The molecule has 2 unspecified atom stereocenters. The van der Waals surface area contributed by atoms with Crippen LogP contribution >= 0.6 is 11.6 Å². The van der Waals surface area contributed by atoms with Crippen molar-refractivity contribution >= 4 is 23.4 Å².